The molecule has 2 aromatic rings. The fourth-order valence-corrected chi connectivity index (χ4v) is 4.87. The van der Waals surface area contributed by atoms with E-state index in [1.54, 1.807) is 36.2 Å². The molecule has 2 heterocycles. The van der Waals surface area contributed by atoms with Crippen LogP contribution in [0.4, 0.5) is 30.6 Å². The second-order valence-electron chi connectivity index (χ2n) is 9.80. The molecular formula is C25H31F3N6O3. The van der Waals surface area contributed by atoms with E-state index in [0.29, 0.717) is 30.3 Å². The molecule has 1 saturated heterocycles. The number of piperidine rings is 1. The molecule has 200 valence electrons. The van der Waals surface area contributed by atoms with Crippen LogP contribution in [-0.4, -0.2) is 76.0 Å². The van der Waals surface area contributed by atoms with Gasteiger partial charge in [-0.25, -0.2) is 4.98 Å². The van der Waals surface area contributed by atoms with Crippen LogP contribution in [-0.2, 0) is 11.0 Å². The first-order valence-corrected chi connectivity index (χ1v) is 12.3. The predicted octanol–water partition coefficient (Wildman–Crippen LogP) is 4.07. The Kier molecular flexibility index (Phi) is 7.86. The first kappa shape index (κ1) is 26.6. The quantitative estimate of drug-likeness (QED) is 0.501. The van der Waals surface area contributed by atoms with E-state index in [4.69, 9.17) is 0 Å². The molecule has 0 bridgehead atoms. The minimum atomic E-state index is -4.67. The number of amides is 1. The summed E-state index contributed by atoms with van der Waals surface area (Å²) in [6, 6.07) is 6.36. The number of aliphatic carboxylic acids is 1. The van der Waals surface area contributed by atoms with Crippen molar-refractivity contribution in [2.75, 3.05) is 37.8 Å². The molecule has 4 rings (SSSR count). The lowest BCUT2D eigenvalue weighted by Crippen LogP contribution is -2.44. The molecular weight excluding hydrogens is 489 g/mol. The second-order valence-corrected chi connectivity index (χ2v) is 9.80. The number of halogens is 3. The molecule has 1 saturated carbocycles. The molecule has 1 aliphatic heterocycles. The number of hydrogen-bond donors (Lipinski definition) is 3. The number of nitrogens with zero attached hydrogens (tertiary/aromatic N) is 4. The van der Waals surface area contributed by atoms with Crippen molar-refractivity contribution in [2.24, 2.45) is 5.92 Å². The number of hydrogen-bond acceptors (Lipinski definition) is 7. The number of rotatable bonds is 7. The Morgan fingerprint density at radius 3 is 2.38 bits per heavy atom. The number of nitrogens with one attached hydrogen (secondary N) is 2. The third kappa shape index (κ3) is 6.48. The number of carbonyl (C=O) groups is 2. The Hall–Kier alpha value is -3.41. The highest BCUT2D eigenvalue weighted by Crippen LogP contribution is 2.36. The monoisotopic (exact) mass is 520 g/mol. The number of carboxylic acids is 1. The minimum absolute atomic E-state index is 0.0502. The first-order chi connectivity index (χ1) is 17.5. The van der Waals surface area contributed by atoms with Gasteiger partial charge >= 0.3 is 12.1 Å². The molecule has 12 heteroatoms. The van der Waals surface area contributed by atoms with Gasteiger partial charge in [-0.3, -0.25) is 9.59 Å². The smallest absolute Gasteiger partial charge is 0.421 e. The van der Waals surface area contributed by atoms with Crippen molar-refractivity contribution in [1.29, 1.82) is 0 Å². The summed E-state index contributed by atoms with van der Waals surface area (Å²) in [6.07, 6.45) is -1.09. The SMILES string of the molecule is CN1CCC(N(C)C(=O)c2ccc(Nc3ncc(C(F)(F)F)c(N[C@@H]4CC[C@H](C(=O)O)C4)n3)cc2)CC1. The van der Waals surface area contributed by atoms with Crippen molar-refractivity contribution >= 4 is 29.3 Å². The summed E-state index contributed by atoms with van der Waals surface area (Å²) in [6.45, 7) is 1.88. The van der Waals surface area contributed by atoms with Gasteiger partial charge in [-0.1, -0.05) is 0 Å². The van der Waals surface area contributed by atoms with Crippen LogP contribution in [0.3, 0.4) is 0 Å². The maximum atomic E-state index is 13.6. The molecule has 0 unspecified atom stereocenters. The highest BCUT2D eigenvalue weighted by Gasteiger charge is 2.37. The van der Waals surface area contributed by atoms with Crippen LogP contribution in [0.2, 0.25) is 0 Å². The van der Waals surface area contributed by atoms with Crippen LogP contribution in [0.5, 0.6) is 0 Å². The highest BCUT2D eigenvalue weighted by molar-refractivity contribution is 5.94. The highest BCUT2D eigenvalue weighted by atomic mass is 19.4. The van der Waals surface area contributed by atoms with Gasteiger partial charge in [-0.05, 0) is 76.5 Å². The summed E-state index contributed by atoms with van der Waals surface area (Å²) in [7, 11) is 3.87. The average Bonchev–Trinajstić information content (AvgIpc) is 3.32. The molecule has 0 radical (unpaired) electrons. The Morgan fingerprint density at radius 1 is 1.11 bits per heavy atom. The van der Waals surface area contributed by atoms with Crippen molar-refractivity contribution in [2.45, 2.75) is 50.4 Å². The van der Waals surface area contributed by atoms with E-state index >= 15 is 0 Å². The summed E-state index contributed by atoms with van der Waals surface area (Å²) in [5, 5.41) is 14.8. The summed E-state index contributed by atoms with van der Waals surface area (Å²) in [4.78, 5) is 36.0. The van der Waals surface area contributed by atoms with Crippen LogP contribution in [0.1, 0.15) is 48.0 Å². The zero-order valence-electron chi connectivity index (χ0n) is 20.8. The Morgan fingerprint density at radius 2 is 1.78 bits per heavy atom. The molecule has 2 aliphatic rings. The maximum absolute atomic E-state index is 13.6. The average molecular weight is 521 g/mol. The van der Waals surface area contributed by atoms with Gasteiger partial charge in [0.15, 0.2) is 0 Å². The first-order valence-electron chi connectivity index (χ1n) is 12.3. The van der Waals surface area contributed by atoms with Crippen LogP contribution in [0.15, 0.2) is 30.5 Å². The largest absolute Gasteiger partial charge is 0.481 e. The lowest BCUT2D eigenvalue weighted by Gasteiger charge is -2.35. The molecule has 1 amide bonds. The van der Waals surface area contributed by atoms with Crippen molar-refractivity contribution in [1.82, 2.24) is 19.8 Å². The Labute approximate surface area is 213 Å². The third-order valence-electron chi connectivity index (χ3n) is 7.16. The van der Waals surface area contributed by atoms with E-state index in [1.807, 2.05) is 0 Å². The normalized spacial score (nSPS) is 21.0. The Bertz CT molecular complexity index is 1120. The summed E-state index contributed by atoms with van der Waals surface area (Å²) < 4.78 is 40.7. The summed E-state index contributed by atoms with van der Waals surface area (Å²) in [5.41, 5.74) is 0.00242. The molecule has 1 aromatic heterocycles. The molecule has 1 aromatic carbocycles. The van der Waals surface area contributed by atoms with Crippen molar-refractivity contribution in [3.05, 3.63) is 41.6 Å². The maximum Gasteiger partial charge on any atom is 0.421 e. The van der Waals surface area contributed by atoms with Crippen LogP contribution >= 0.6 is 0 Å². The number of likely N-dealkylation sites (tertiary alicyclic amines) is 1. The fourth-order valence-electron chi connectivity index (χ4n) is 4.87. The van der Waals surface area contributed by atoms with Gasteiger partial charge in [-0.15, -0.1) is 0 Å². The van der Waals surface area contributed by atoms with Gasteiger partial charge in [0.1, 0.15) is 11.4 Å². The zero-order valence-corrected chi connectivity index (χ0v) is 20.8. The van der Waals surface area contributed by atoms with Crippen molar-refractivity contribution < 1.29 is 27.9 Å². The number of carbonyl (C=O) groups excluding carboxylic acids is 1. The molecule has 1 aliphatic carbocycles. The van der Waals surface area contributed by atoms with Crippen molar-refractivity contribution in [3.8, 4) is 0 Å². The van der Waals surface area contributed by atoms with Gasteiger partial charge in [0.2, 0.25) is 5.95 Å². The summed E-state index contributed by atoms with van der Waals surface area (Å²) in [5.74, 6) is -2.08. The van der Waals surface area contributed by atoms with Crippen LogP contribution in [0, 0.1) is 5.92 Å². The van der Waals surface area contributed by atoms with Gasteiger partial charge in [0.25, 0.3) is 5.91 Å². The molecule has 0 spiro atoms. The molecule has 3 N–H and O–H groups in total. The predicted molar refractivity (Wildman–Crippen MR) is 132 cm³/mol. The van der Waals surface area contributed by atoms with E-state index in [9.17, 15) is 27.9 Å². The third-order valence-corrected chi connectivity index (χ3v) is 7.16. The van der Waals surface area contributed by atoms with E-state index in [0.717, 1.165) is 25.9 Å². The van der Waals surface area contributed by atoms with E-state index in [-0.39, 0.29) is 24.3 Å². The number of alkyl halides is 3. The topological polar surface area (TPSA) is 111 Å². The van der Waals surface area contributed by atoms with Gasteiger partial charge < -0.3 is 25.5 Å². The van der Waals surface area contributed by atoms with Crippen LogP contribution in [0.25, 0.3) is 0 Å². The van der Waals surface area contributed by atoms with E-state index < -0.39 is 35.5 Å². The van der Waals surface area contributed by atoms with Gasteiger partial charge in [0, 0.05) is 36.6 Å². The van der Waals surface area contributed by atoms with E-state index in [1.165, 1.54) is 0 Å². The minimum Gasteiger partial charge on any atom is -0.481 e. The fraction of sp³-hybridized carbons (Fsp3) is 0.520. The summed E-state index contributed by atoms with van der Waals surface area (Å²) >= 11 is 0. The molecule has 9 nitrogen and oxygen atoms in total. The number of carboxylic acid groups (broad SMARTS) is 1. The standard InChI is InChI=1S/C25H31F3N6O3/c1-33-11-9-19(10-12-33)34(2)22(35)15-3-6-17(7-4-15)31-24-29-14-20(25(26,27)28)21(32-24)30-18-8-5-16(13-18)23(36)37/h3-4,6-7,14,16,18-19H,5,8-13H2,1-2H3,(H,36,37)(H2,29,30,31,32)/t16-,18+/m0/s1. The molecule has 37 heavy (non-hydrogen) atoms. The van der Waals surface area contributed by atoms with Gasteiger partial charge in [-0.2, -0.15) is 18.2 Å². The van der Waals surface area contributed by atoms with E-state index in [2.05, 4.69) is 32.5 Å². The second kappa shape index (κ2) is 10.9. The number of benzene rings is 1. The Balaban J connectivity index is 1.45. The zero-order chi connectivity index (χ0) is 26.7. The van der Waals surface area contributed by atoms with Crippen molar-refractivity contribution in [3.63, 3.8) is 0 Å². The number of anilines is 3. The number of aromatic nitrogens is 2. The molecule has 2 atom stereocenters. The lowest BCUT2D eigenvalue weighted by molar-refractivity contribution is -0.141. The molecule has 2 fully saturated rings. The van der Waals surface area contributed by atoms with Crippen LogP contribution < -0.4 is 10.6 Å². The van der Waals surface area contributed by atoms with Gasteiger partial charge in [0.05, 0.1) is 5.92 Å². The lowest BCUT2D eigenvalue weighted by atomic mass is 10.0.